The third-order valence-corrected chi connectivity index (χ3v) is 4.32. The number of quaternary nitrogens is 3. The molecule has 0 aromatic heterocycles. The zero-order valence-electron chi connectivity index (χ0n) is 15.7. The van der Waals surface area contributed by atoms with Crippen molar-refractivity contribution in [2.24, 2.45) is 0 Å². The second-order valence-corrected chi connectivity index (χ2v) is 6.24. The summed E-state index contributed by atoms with van der Waals surface area (Å²) >= 11 is 0. The molecule has 0 aliphatic carbocycles. The van der Waals surface area contributed by atoms with Gasteiger partial charge in [0, 0.05) is 24.4 Å². The van der Waals surface area contributed by atoms with Crippen molar-refractivity contribution in [1.82, 2.24) is 10.6 Å². The van der Waals surface area contributed by atoms with Crippen LogP contribution in [-0.2, 0) is 9.63 Å². The van der Waals surface area contributed by atoms with E-state index in [0.29, 0.717) is 17.0 Å². The molecule has 0 spiro atoms. The minimum Gasteiger partial charge on any atom is -0.595 e. The predicted molar refractivity (Wildman–Crippen MR) is 94.7 cm³/mol. The minimum absolute atomic E-state index is 0.0457. The van der Waals surface area contributed by atoms with Gasteiger partial charge in [0.25, 0.3) is 0 Å². The lowest BCUT2D eigenvalue weighted by molar-refractivity contribution is -1.21. The molecule has 1 heterocycles. The molecular weight excluding hydrogens is 390 g/mol. The van der Waals surface area contributed by atoms with Gasteiger partial charge in [-0.15, -0.1) is 0 Å². The first-order valence-corrected chi connectivity index (χ1v) is 8.52. The first kappa shape index (κ1) is 22.9. The molecule has 0 radical (unpaired) electrons. The van der Waals surface area contributed by atoms with Crippen molar-refractivity contribution in [3.05, 3.63) is 68.1 Å². The van der Waals surface area contributed by atoms with Gasteiger partial charge in [0.1, 0.15) is 6.61 Å². The van der Waals surface area contributed by atoms with Crippen molar-refractivity contribution in [3.8, 4) is 0 Å². The first-order valence-electron chi connectivity index (χ1n) is 8.52. The Balaban J connectivity index is 2.42. The average molecular weight is 413 g/mol. The molecule has 1 amide bonds. The van der Waals surface area contributed by atoms with Crippen LogP contribution in [0.5, 0.6) is 0 Å². The molecule has 0 saturated carbocycles. The van der Waals surface area contributed by atoms with Gasteiger partial charge in [0.05, 0.1) is 17.2 Å². The van der Waals surface area contributed by atoms with Gasteiger partial charge in [0.2, 0.25) is 5.91 Å². The van der Waals surface area contributed by atoms with Crippen molar-refractivity contribution < 1.29 is 41.1 Å². The molecule has 29 heavy (non-hydrogen) atoms. The molecule has 1 aromatic carbocycles. The van der Waals surface area contributed by atoms with E-state index in [4.69, 9.17) is 5.21 Å². The third-order valence-electron chi connectivity index (χ3n) is 4.32. The molecule has 8 N–H and O–H groups in total. The normalized spacial score (nSPS) is 20.2. The van der Waals surface area contributed by atoms with E-state index in [-0.39, 0.29) is 30.1 Å². The molecule has 0 saturated heterocycles. The lowest BCUT2D eigenvalue weighted by Gasteiger charge is -2.33. The smallest absolute Gasteiger partial charge is 0.250 e. The van der Waals surface area contributed by atoms with Crippen molar-refractivity contribution in [2.45, 2.75) is 19.8 Å². The van der Waals surface area contributed by atoms with Gasteiger partial charge in [0.15, 0.2) is 11.4 Å². The van der Waals surface area contributed by atoms with Gasteiger partial charge in [-0.2, -0.15) is 20.5 Å². The van der Waals surface area contributed by atoms with Crippen molar-refractivity contribution in [3.63, 3.8) is 0 Å². The number of allylic oxidation sites excluding steroid dienone is 3. The molecule has 4 atom stereocenters. The topological polar surface area (TPSA) is 194 Å². The molecule has 2 rings (SSSR count). The summed E-state index contributed by atoms with van der Waals surface area (Å²) in [4.78, 5) is 17.1. The number of amides is 1. The van der Waals surface area contributed by atoms with Crippen molar-refractivity contribution in [2.75, 3.05) is 13.2 Å². The molecule has 1 aromatic rings. The Hall–Kier alpha value is -2.43. The third kappa shape index (κ3) is 5.55. The number of benzene rings is 1. The number of carbonyl (C=O) groups excluding carboxylic acids is 1. The summed E-state index contributed by atoms with van der Waals surface area (Å²) in [5.74, 6) is -1.64. The van der Waals surface area contributed by atoms with Crippen molar-refractivity contribution in [1.29, 1.82) is 0 Å². The Bertz CT molecular complexity index is 808. The number of carbonyl (C=O) groups is 1. The van der Waals surface area contributed by atoms with Crippen LogP contribution in [0.1, 0.15) is 25.3 Å². The Kier molecular flexibility index (Phi) is 7.77. The summed E-state index contributed by atoms with van der Waals surface area (Å²) in [5, 5.41) is 62.6. The second kappa shape index (κ2) is 9.86. The molecule has 0 fully saturated rings. The zero-order valence-corrected chi connectivity index (χ0v) is 15.7. The first-order chi connectivity index (χ1) is 13.6. The summed E-state index contributed by atoms with van der Waals surface area (Å²) in [7, 11) is 0. The Morgan fingerprint density at radius 3 is 2.45 bits per heavy atom. The molecule has 160 valence electrons. The number of dihydropyridines is 1. The Morgan fingerprint density at radius 1 is 1.17 bits per heavy atom. The molecule has 13 heteroatoms. The number of hydrogen-bond acceptors (Lipinski definition) is 9. The highest BCUT2D eigenvalue weighted by Gasteiger charge is 2.37. The molecule has 1 aliphatic heterocycles. The molecule has 1 aliphatic rings. The van der Waals surface area contributed by atoms with E-state index in [1.54, 1.807) is 19.9 Å². The average Bonchev–Trinajstić information content (AvgIpc) is 2.64. The highest BCUT2D eigenvalue weighted by Crippen LogP contribution is 2.35. The van der Waals surface area contributed by atoms with Crippen LogP contribution in [-0.4, -0.2) is 34.7 Å². The van der Waals surface area contributed by atoms with Crippen LogP contribution in [0.3, 0.4) is 0 Å². The lowest BCUT2D eigenvalue weighted by Crippen LogP contribution is -3.03. The van der Waals surface area contributed by atoms with E-state index in [2.05, 4.69) is 15.5 Å². The van der Waals surface area contributed by atoms with Crippen LogP contribution in [0.25, 0.3) is 0 Å². The van der Waals surface area contributed by atoms with Crippen LogP contribution < -0.4 is 26.5 Å². The second-order valence-electron chi connectivity index (χ2n) is 6.24. The van der Waals surface area contributed by atoms with Crippen LogP contribution in [0.4, 0.5) is 5.69 Å². The summed E-state index contributed by atoms with van der Waals surface area (Å²) in [6.07, 6.45) is 0. The summed E-state index contributed by atoms with van der Waals surface area (Å²) in [6.45, 7) is 2.75. The fraction of sp³-hybridized carbons (Fsp3) is 0.312. The number of hydroxylamine groups is 2. The fourth-order valence-electron chi connectivity index (χ4n) is 3.16. The summed E-state index contributed by atoms with van der Waals surface area (Å²) in [5.41, 5.74) is 1.00. The number of hydrogen-bond donors (Lipinski definition) is 8. The van der Waals surface area contributed by atoms with Gasteiger partial charge in [-0.1, -0.05) is 17.5 Å². The van der Waals surface area contributed by atoms with Crippen LogP contribution in [0, 0.1) is 15.6 Å². The SMILES string of the molecule is CC1=C(C(=O)NCCO[NH+]([O-])O)[C@@H](c2cccc([NH+]([O-])O)c2)C([NH+]([O-])O)=C(C)N1. The maximum atomic E-state index is 12.8. The number of rotatable bonds is 8. The van der Waals surface area contributed by atoms with Crippen LogP contribution in [0.2, 0.25) is 0 Å². The lowest BCUT2D eigenvalue weighted by atomic mass is 9.83. The maximum Gasteiger partial charge on any atom is 0.250 e. The Labute approximate surface area is 165 Å². The molecule has 13 nitrogen and oxygen atoms in total. The standard InChI is InChI=1S/C16H23N5O8/c1-9-13(16(22)17-6-7-29-21(27)28)14(15(20(25)26)10(2)18-9)11-4-3-5-12(8-11)19(23)24/h3-5,8,14,18-21,23,25,27H,6-7H2,1-2H3,(H,17,22)/t14-/m1/s1. The van der Waals surface area contributed by atoms with Crippen LogP contribution in [0.15, 0.2) is 46.9 Å². The Morgan fingerprint density at radius 2 is 1.86 bits per heavy atom. The monoisotopic (exact) mass is 413 g/mol. The molecule has 3 unspecified atom stereocenters. The fourth-order valence-corrected chi connectivity index (χ4v) is 3.16. The van der Waals surface area contributed by atoms with E-state index >= 15 is 0 Å². The van der Waals surface area contributed by atoms with Gasteiger partial charge in [-0.25, -0.2) is 10.4 Å². The predicted octanol–water partition coefficient (Wildman–Crippen LogP) is -3.13. The van der Waals surface area contributed by atoms with Crippen molar-refractivity contribution >= 4 is 11.6 Å². The summed E-state index contributed by atoms with van der Waals surface area (Å²) < 4.78 is 0. The molecule has 0 bridgehead atoms. The highest BCUT2D eigenvalue weighted by molar-refractivity contribution is 5.96. The van der Waals surface area contributed by atoms with Gasteiger partial charge in [-0.05, 0) is 19.4 Å². The van der Waals surface area contributed by atoms with Gasteiger partial charge < -0.3 is 26.3 Å². The van der Waals surface area contributed by atoms with Crippen LogP contribution >= 0.6 is 0 Å². The highest BCUT2D eigenvalue weighted by atomic mass is 17.1. The zero-order chi connectivity index (χ0) is 21.7. The van der Waals surface area contributed by atoms with Gasteiger partial charge >= 0.3 is 0 Å². The van der Waals surface area contributed by atoms with Gasteiger partial charge in [-0.3, -0.25) is 4.79 Å². The van der Waals surface area contributed by atoms with E-state index in [9.17, 15) is 30.8 Å². The molecular formula is C16H23N5O8. The minimum atomic E-state index is -1.48. The van der Waals surface area contributed by atoms with E-state index < -0.39 is 27.7 Å². The van der Waals surface area contributed by atoms with E-state index in [1.807, 2.05) is 0 Å². The maximum absolute atomic E-state index is 12.8. The van der Waals surface area contributed by atoms with E-state index in [0.717, 1.165) is 0 Å². The quantitative estimate of drug-likeness (QED) is 0.161. The largest absolute Gasteiger partial charge is 0.595 e. The number of nitrogens with one attached hydrogen (secondary N) is 5. The van der Waals surface area contributed by atoms with E-state index in [1.165, 1.54) is 18.2 Å². The summed E-state index contributed by atoms with van der Waals surface area (Å²) in [6, 6.07) is 5.71.